The van der Waals surface area contributed by atoms with Crippen molar-refractivity contribution in [3.05, 3.63) is 53.3 Å². The van der Waals surface area contributed by atoms with E-state index in [-0.39, 0.29) is 17.7 Å². The molecule has 0 saturated heterocycles. The van der Waals surface area contributed by atoms with Crippen molar-refractivity contribution >= 4 is 5.91 Å². The number of carbonyl (C=O) groups is 1. The van der Waals surface area contributed by atoms with Crippen molar-refractivity contribution < 1.29 is 9.90 Å². The Morgan fingerprint density at radius 2 is 2.21 bits per heavy atom. The second kappa shape index (κ2) is 7.62. The maximum Gasteiger partial charge on any atom is 0.227 e. The fourth-order valence-electron chi connectivity index (χ4n) is 3.55. The molecular weight excluding hydrogens is 302 g/mol. The van der Waals surface area contributed by atoms with Crippen molar-refractivity contribution in [2.75, 3.05) is 6.54 Å². The van der Waals surface area contributed by atoms with Gasteiger partial charge in [0.2, 0.25) is 5.91 Å². The first-order valence-electron chi connectivity index (χ1n) is 8.68. The molecule has 1 aliphatic rings. The number of aliphatic hydroxyl groups is 1. The van der Waals surface area contributed by atoms with E-state index in [2.05, 4.69) is 15.5 Å². The van der Waals surface area contributed by atoms with Gasteiger partial charge in [0.25, 0.3) is 0 Å². The molecule has 3 unspecified atom stereocenters. The minimum Gasteiger partial charge on any atom is -0.393 e. The van der Waals surface area contributed by atoms with Crippen LogP contribution >= 0.6 is 0 Å². The minimum absolute atomic E-state index is 0.0591. The molecule has 0 aliphatic heterocycles. The number of hydrogen-bond acceptors (Lipinski definition) is 3. The highest BCUT2D eigenvalue weighted by Crippen LogP contribution is 2.30. The SMILES string of the molecule is CC(O)CC(CNC(=O)C1CCCc2[nH]ncc21)c1ccccc1. The molecule has 0 spiro atoms. The van der Waals surface area contributed by atoms with Crippen LogP contribution in [0, 0.1) is 0 Å². The van der Waals surface area contributed by atoms with Gasteiger partial charge in [0.05, 0.1) is 18.2 Å². The zero-order valence-corrected chi connectivity index (χ0v) is 14.0. The number of H-pyrrole nitrogens is 1. The number of nitrogens with one attached hydrogen (secondary N) is 2. The van der Waals surface area contributed by atoms with E-state index < -0.39 is 6.10 Å². The van der Waals surface area contributed by atoms with E-state index in [1.807, 2.05) is 30.3 Å². The predicted molar refractivity (Wildman–Crippen MR) is 92.8 cm³/mol. The number of fused-ring (bicyclic) bond motifs is 1. The van der Waals surface area contributed by atoms with Crippen LogP contribution in [0.1, 0.15) is 54.8 Å². The summed E-state index contributed by atoms with van der Waals surface area (Å²) < 4.78 is 0. The van der Waals surface area contributed by atoms with Crippen LogP contribution in [0.15, 0.2) is 36.5 Å². The van der Waals surface area contributed by atoms with Gasteiger partial charge in [0, 0.05) is 23.7 Å². The monoisotopic (exact) mass is 327 g/mol. The maximum absolute atomic E-state index is 12.7. The molecule has 0 fully saturated rings. The third-order valence-corrected chi connectivity index (χ3v) is 4.78. The Balaban J connectivity index is 1.66. The van der Waals surface area contributed by atoms with Crippen molar-refractivity contribution in [2.24, 2.45) is 0 Å². The molecule has 0 bridgehead atoms. The second-order valence-corrected chi connectivity index (χ2v) is 6.69. The van der Waals surface area contributed by atoms with Gasteiger partial charge in [0.1, 0.15) is 0 Å². The first-order valence-corrected chi connectivity index (χ1v) is 8.68. The number of aromatic amines is 1. The van der Waals surface area contributed by atoms with Crippen molar-refractivity contribution in [2.45, 2.75) is 50.5 Å². The third-order valence-electron chi connectivity index (χ3n) is 4.78. The molecule has 1 aromatic carbocycles. The first kappa shape index (κ1) is 16.7. The molecule has 1 aromatic heterocycles. The Kier molecular flexibility index (Phi) is 5.30. The topological polar surface area (TPSA) is 78.0 Å². The standard InChI is InChI=1S/C19H25N3O2/c1-13(23)10-15(14-6-3-2-4-7-14)11-20-19(24)16-8-5-9-18-17(16)12-21-22-18/h2-4,6-7,12-13,15-16,23H,5,8-11H2,1H3,(H,20,24)(H,21,22). The molecule has 1 aliphatic carbocycles. The molecular formula is C19H25N3O2. The molecule has 3 atom stereocenters. The lowest BCUT2D eigenvalue weighted by atomic mass is 9.86. The summed E-state index contributed by atoms with van der Waals surface area (Å²) in [5, 5.41) is 19.9. The van der Waals surface area contributed by atoms with Crippen LogP contribution in [0.5, 0.6) is 0 Å². The summed E-state index contributed by atoms with van der Waals surface area (Å²) in [4.78, 5) is 12.7. The summed E-state index contributed by atoms with van der Waals surface area (Å²) in [6.45, 7) is 2.33. The van der Waals surface area contributed by atoms with Crippen LogP contribution in [0.3, 0.4) is 0 Å². The number of rotatable bonds is 6. The lowest BCUT2D eigenvalue weighted by Gasteiger charge is -2.24. The van der Waals surface area contributed by atoms with E-state index in [0.29, 0.717) is 13.0 Å². The van der Waals surface area contributed by atoms with Crippen LogP contribution in [0.25, 0.3) is 0 Å². The number of aryl methyl sites for hydroxylation is 1. The lowest BCUT2D eigenvalue weighted by molar-refractivity contribution is -0.123. The van der Waals surface area contributed by atoms with Crippen molar-refractivity contribution in [1.29, 1.82) is 0 Å². The zero-order chi connectivity index (χ0) is 16.9. The highest BCUT2D eigenvalue weighted by Gasteiger charge is 2.28. The van der Waals surface area contributed by atoms with Crippen LogP contribution in [0.4, 0.5) is 0 Å². The molecule has 5 heteroatoms. The van der Waals surface area contributed by atoms with Crippen molar-refractivity contribution in [3.63, 3.8) is 0 Å². The zero-order valence-electron chi connectivity index (χ0n) is 14.0. The van der Waals surface area contributed by atoms with Crippen LogP contribution in [-0.2, 0) is 11.2 Å². The molecule has 5 nitrogen and oxygen atoms in total. The van der Waals surface area contributed by atoms with Gasteiger partial charge in [-0.25, -0.2) is 0 Å². The quantitative estimate of drug-likeness (QED) is 0.763. The minimum atomic E-state index is -0.401. The molecule has 3 rings (SSSR count). The Bertz CT molecular complexity index is 666. The fraction of sp³-hybridized carbons (Fsp3) is 0.474. The molecule has 1 heterocycles. The Morgan fingerprint density at radius 1 is 1.42 bits per heavy atom. The van der Waals surface area contributed by atoms with Crippen LogP contribution in [0.2, 0.25) is 0 Å². The van der Waals surface area contributed by atoms with Gasteiger partial charge in [-0.3, -0.25) is 9.89 Å². The van der Waals surface area contributed by atoms with E-state index in [1.165, 1.54) is 0 Å². The number of hydrogen-bond donors (Lipinski definition) is 3. The molecule has 1 amide bonds. The fourth-order valence-corrected chi connectivity index (χ4v) is 3.55. The number of carbonyl (C=O) groups excluding carboxylic acids is 1. The summed E-state index contributed by atoms with van der Waals surface area (Å²) >= 11 is 0. The Hall–Kier alpha value is -2.14. The number of benzene rings is 1. The molecule has 3 N–H and O–H groups in total. The number of aromatic nitrogens is 2. The molecule has 2 aromatic rings. The summed E-state index contributed by atoms with van der Waals surface area (Å²) in [5.41, 5.74) is 3.27. The van der Waals surface area contributed by atoms with Crippen LogP contribution in [-0.4, -0.2) is 33.9 Å². The number of aliphatic hydroxyl groups excluding tert-OH is 1. The smallest absolute Gasteiger partial charge is 0.227 e. The van der Waals surface area contributed by atoms with E-state index in [9.17, 15) is 9.90 Å². The summed E-state index contributed by atoms with van der Waals surface area (Å²) in [6.07, 6.45) is 4.85. The van der Waals surface area contributed by atoms with Gasteiger partial charge in [-0.15, -0.1) is 0 Å². The normalized spacial score (nSPS) is 19.3. The van der Waals surface area contributed by atoms with Crippen molar-refractivity contribution in [1.82, 2.24) is 15.5 Å². The van der Waals surface area contributed by atoms with Crippen LogP contribution < -0.4 is 5.32 Å². The summed E-state index contributed by atoms with van der Waals surface area (Å²) in [7, 11) is 0. The lowest BCUT2D eigenvalue weighted by Crippen LogP contribution is -2.34. The molecule has 24 heavy (non-hydrogen) atoms. The Morgan fingerprint density at radius 3 is 2.96 bits per heavy atom. The van der Waals surface area contributed by atoms with Gasteiger partial charge >= 0.3 is 0 Å². The largest absolute Gasteiger partial charge is 0.393 e. The molecule has 0 saturated carbocycles. The predicted octanol–water partition coefficient (Wildman–Crippen LogP) is 2.50. The highest BCUT2D eigenvalue weighted by atomic mass is 16.3. The summed E-state index contributed by atoms with van der Waals surface area (Å²) in [5.74, 6) is 0.0573. The van der Waals surface area contributed by atoms with Gasteiger partial charge in [-0.1, -0.05) is 30.3 Å². The number of amides is 1. The van der Waals surface area contributed by atoms with Gasteiger partial charge in [-0.05, 0) is 38.2 Å². The number of nitrogens with zero attached hydrogens (tertiary/aromatic N) is 1. The average Bonchev–Trinajstić information content (AvgIpc) is 3.07. The van der Waals surface area contributed by atoms with E-state index in [1.54, 1.807) is 13.1 Å². The average molecular weight is 327 g/mol. The Labute approximate surface area is 142 Å². The second-order valence-electron chi connectivity index (χ2n) is 6.69. The first-order chi connectivity index (χ1) is 11.6. The van der Waals surface area contributed by atoms with Crippen molar-refractivity contribution in [3.8, 4) is 0 Å². The van der Waals surface area contributed by atoms with E-state index >= 15 is 0 Å². The maximum atomic E-state index is 12.7. The highest BCUT2D eigenvalue weighted by molar-refractivity contribution is 5.84. The summed E-state index contributed by atoms with van der Waals surface area (Å²) in [6, 6.07) is 10.1. The molecule has 0 radical (unpaired) electrons. The van der Waals surface area contributed by atoms with Gasteiger partial charge in [-0.2, -0.15) is 5.10 Å². The van der Waals surface area contributed by atoms with Gasteiger partial charge in [0.15, 0.2) is 0 Å². The third kappa shape index (κ3) is 3.85. The molecule has 128 valence electrons. The van der Waals surface area contributed by atoms with E-state index in [0.717, 1.165) is 36.1 Å². The van der Waals surface area contributed by atoms with E-state index in [4.69, 9.17) is 0 Å². The van der Waals surface area contributed by atoms with Gasteiger partial charge < -0.3 is 10.4 Å².